The molecule has 6 nitrogen and oxygen atoms in total. The van der Waals surface area contributed by atoms with Crippen LogP contribution in [-0.4, -0.2) is 50.5 Å². The molecule has 7 heteroatoms. The topological polar surface area (TPSA) is 58.0 Å². The van der Waals surface area contributed by atoms with E-state index in [2.05, 4.69) is 36.7 Å². The van der Waals surface area contributed by atoms with Crippen LogP contribution in [0, 0.1) is 12.7 Å². The van der Waals surface area contributed by atoms with Crippen LogP contribution < -0.4 is 4.90 Å². The molecule has 0 spiro atoms. The molecule has 0 saturated carbocycles. The van der Waals surface area contributed by atoms with E-state index in [1.807, 2.05) is 13.0 Å². The Hall–Kier alpha value is -2.67. The average molecular weight is 352 g/mol. The number of aryl methyl sites for hydroxylation is 1. The Morgan fingerprint density at radius 1 is 1.12 bits per heavy atom. The molecule has 3 aromatic rings. The lowest BCUT2D eigenvalue weighted by Gasteiger charge is -2.40. The molecule has 134 valence electrons. The van der Waals surface area contributed by atoms with Crippen molar-refractivity contribution in [2.45, 2.75) is 26.4 Å². The maximum Gasteiger partial charge on any atom is 0.145 e. The van der Waals surface area contributed by atoms with Crippen molar-refractivity contribution >= 4 is 16.7 Å². The van der Waals surface area contributed by atoms with Crippen LogP contribution in [-0.2, 0) is 6.54 Å². The molecule has 1 atom stereocenters. The summed E-state index contributed by atoms with van der Waals surface area (Å²) < 4.78 is 13.9. The molecule has 3 aromatic heterocycles. The maximum absolute atomic E-state index is 13.9. The predicted octanol–water partition coefficient (Wildman–Crippen LogP) is 2.58. The van der Waals surface area contributed by atoms with Gasteiger partial charge in [-0.2, -0.15) is 0 Å². The van der Waals surface area contributed by atoms with E-state index in [0.29, 0.717) is 12.1 Å². The highest BCUT2D eigenvalue weighted by Gasteiger charge is 2.26. The lowest BCUT2D eigenvalue weighted by Crippen LogP contribution is -2.51. The lowest BCUT2D eigenvalue weighted by molar-refractivity contribution is 0.178. The van der Waals surface area contributed by atoms with Gasteiger partial charge in [-0.25, -0.2) is 14.4 Å². The molecule has 0 N–H and O–H groups in total. The molecule has 1 fully saturated rings. The fourth-order valence-electron chi connectivity index (χ4n) is 3.49. The summed E-state index contributed by atoms with van der Waals surface area (Å²) in [5.41, 5.74) is 1.55. The Morgan fingerprint density at radius 2 is 1.92 bits per heavy atom. The summed E-state index contributed by atoms with van der Waals surface area (Å²) in [7, 11) is 0. The van der Waals surface area contributed by atoms with Gasteiger partial charge in [0.1, 0.15) is 17.5 Å². The first-order chi connectivity index (χ1) is 12.6. The molecule has 26 heavy (non-hydrogen) atoms. The van der Waals surface area contributed by atoms with Crippen molar-refractivity contribution in [2.24, 2.45) is 0 Å². The Bertz CT molecular complexity index is 931. The molecule has 4 heterocycles. The van der Waals surface area contributed by atoms with Gasteiger partial charge in [0.25, 0.3) is 0 Å². The van der Waals surface area contributed by atoms with E-state index in [-0.39, 0.29) is 11.9 Å². The minimum atomic E-state index is -0.243. The Balaban J connectivity index is 1.55. The van der Waals surface area contributed by atoms with Crippen LogP contribution in [0.5, 0.6) is 0 Å². The number of halogens is 1. The van der Waals surface area contributed by atoms with E-state index in [1.54, 1.807) is 24.7 Å². The van der Waals surface area contributed by atoms with Gasteiger partial charge < -0.3 is 4.90 Å². The second-order valence-electron chi connectivity index (χ2n) is 6.72. The van der Waals surface area contributed by atoms with Crippen molar-refractivity contribution in [3.63, 3.8) is 0 Å². The van der Waals surface area contributed by atoms with Gasteiger partial charge in [0.05, 0.1) is 17.9 Å². The van der Waals surface area contributed by atoms with Crippen LogP contribution in [0.25, 0.3) is 10.9 Å². The molecular formula is C19H21FN6. The lowest BCUT2D eigenvalue weighted by atomic mass is 10.1. The quantitative estimate of drug-likeness (QED) is 0.722. The summed E-state index contributed by atoms with van der Waals surface area (Å²) >= 11 is 0. The monoisotopic (exact) mass is 352 g/mol. The smallest absolute Gasteiger partial charge is 0.145 e. The predicted molar refractivity (Wildman–Crippen MR) is 98.4 cm³/mol. The van der Waals surface area contributed by atoms with Crippen LogP contribution in [0.4, 0.5) is 10.2 Å². The van der Waals surface area contributed by atoms with Gasteiger partial charge in [-0.1, -0.05) is 0 Å². The van der Waals surface area contributed by atoms with Crippen LogP contribution >= 0.6 is 0 Å². The van der Waals surface area contributed by atoms with Crippen molar-refractivity contribution < 1.29 is 4.39 Å². The molecule has 1 unspecified atom stereocenters. The Kier molecular flexibility index (Phi) is 4.46. The molecule has 0 aromatic carbocycles. The van der Waals surface area contributed by atoms with Gasteiger partial charge in [0.2, 0.25) is 0 Å². The second-order valence-corrected chi connectivity index (χ2v) is 6.72. The van der Waals surface area contributed by atoms with Gasteiger partial charge >= 0.3 is 0 Å². The number of fused-ring (bicyclic) bond motifs is 1. The number of hydrogen-bond donors (Lipinski definition) is 0. The van der Waals surface area contributed by atoms with E-state index in [0.717, 1.165) is 42.2 Å². The van der Waals surface area contributed by atoms with Crippen molar-refractivity contribution in [3.05, 3.63) is 54.1 Å². The molecule has 0 aliphatic carbocycles. The Morgan fingerprint density at radius 3 is 2.73 bits per heavy atom. The number of anilines is 1. The zero-order valence-electron chi connectivity index (χ0n) is 14.9. The first-order valence-electron chi connectivity index (χ1n) is 8.77. The number of pyridine rings is 2. The van der Waals surface area contributed by atoms with E-state index < -0.39 is 0 Å². The van der Waals surface area contributed by atoms with Crippen molar-refractivity contribution in [2.75, 3.05) is 24.5 Å². The summed E-state index contributed by atoms with van der Waals surface area (Å²) in [6.45, 7) is 7.19. The van der Waals surface area contributed by atoms with Crippen molar-refractivity contribution in [1.82, 2.24) is 24.8 Å². The summed E-state index contributed by atoms with van der Waals surface area (Å²) in [4.78, 5) is 21.7. The molecule has 0 radical (unpaired) electrons. The number of aromatic nitrogens is 4. The third-order valence-electron chi connectivity index (χ3n) is 4.89. The Labute approximate surface area is 151 Å². The maximum atomic E-state index is 13.9. The molecule has 0 amide bonds. The zero-order valence-corrected chi connectivity index (χ0v) is 14.9. The van der Waals surface area contributed by atoms with Crippen LogP contribution in [0.2, 0.25) is 0 Å². The largest absolute Gasteiger partial charge is 0.353 e. The molecular weight excluding hydrogens is 331 g/mol. The van der Waals surface area contributed by atoms with Crippen LogP contribution in [0.1, 0.15) is 18.3 Å². The van der Waals surface area contributed by atoms with Gasteiger partial charge in [-0.3, -0.25) is 14.9 Å². The third kappa shape index (κ3) is 3.22. The minimum Gasteiger partial charge on any atom is -0.353 e. The molecule has 1 aliphatic rings. The van der Waals surface area contributed by atoms with Gasteiger partial charge in [-0.05, 0) is 26.0 Å². The first kappa shape index (κ1) is 16.8. The van der Waals surface area contributed by atoms with E-state index in [1.165, 1.54) is 6.20 Å². The number of rotatable bonds is 3. The molecule has 1 saturated heterocycles. The highest BCUT2D eigenvalue weighted by Crippen LogP contribution is 2.26. The SMILES string of the molecule is Cc1nc(N2CCN(Cc3ccncc3F)C(C)C2)c2ccncc2n1. The third-order valence-corrected chi connectivity index (χ3v) is 4.89. The molecule has 4 rings (SSSR count). The average Bonchev–Trinajstić information content (AvgIpc) is 2.64. The molecule has 1 aliphatic heterocycles. The first-order valence-corrected chi connectivity index (χ1v) is 8.77. The summed E-state index contributed by atoms with van der Waals surface area (Å²) in [5, 5.41) is 1.02. The highest BCUT2D eigenvalue weighted by molar-refractivity contribution is 5.88. The number of piperazine rings is 1. The van der Waals surface area contributed by atoms with E-state index in [4.69, 9.17) is 0 Å². The number of hydrogen-bond acceptors (Lipinski definition) is 6. The normalized spacial score (nSPS) is 18.4. The second kappa shape index (κ2) is 6.92. The standard InChI is InChI=1S/C19H21FN6/c1-13-11-26(8-7-25(13)12-15-3-5-21-9-17(15)20)19-16-4-6-22-10-18(16)23-14(2)24-19/h3-6,9-10,13H,7-8,11-12H2,1-2H3. The van der Waals surface area contributed by atoms with E-state index >= 15 is 0 Å². The number of nitrogens with zero attached hydrogens (tertiary/aromatic N) is 6. The highest BCUT2D eigenvalue weighted by atomic mass is 19.1. The summed E-state index contributed by atoms with van der Waals surface area (Å²) in [6, 6.07) is 4.00. The van der Waals surface area contributed by atoms with Crippen LogP contribution in [0.15, 0.2) is 36.9 Å². The fraction of sp³-hybridized carbons (Fsp3) is 0.368. The fourth-order valence-corrected chi connectivity index (χ4v) is 3.49. The zero-order chi connectivity index (χ0) is 18.1. The van der Waals surface area contributed by atoms with E-state index in [9.17, 15) is 4.39 Å². The van der Waals surface area contributed by atoms with Crippen molar-refractivity contribution in [1.29, 1.82) is 0 Å². The van der Waals surface area contributed by atoms with Gasteiger partial charge in [0, 0.05) is 55.6 Å². The summed E-state index contributed by atoms with van der Waals surface area (Å²) in [5.74, 6) is 1.46. The minimum absolute atomic E-state index is 0.243. The molecule has 0 bridgehead atoms. The summed E-state index contributed by atoms with van der Waals surface area (Å²) in [6.07, 6.45) is 6.47. The van der Waals surface area contributed by atoms with Gasteiger partial charge in [0.15, 0.2) is 0 Å². The van der Waals surface area contributed by atoms with Crippen molar-refractivity contribution in [3.8, 4) is 0 Å². The van der Waals surface area contributed by atoms with Crippen LogP contribution in [0.3, 0.4) is 0 Å². The van der Waals surface area contributed by atoms with Gasteiger partial charge in [-0.15, -0.1) is 0 Å².